The maximum absolute atomic E-state index is 12.1. The number of nitrogens with one attached hydrogen (secondary N) is 1. The van der Waals surface area contributed by atoms with Crippen LogP contribution in [0.25, 0.3) is 0 Å². The Bertz CT molecular complexity index is 566. The van der Waals surface area contributed by atoms with Crippen molar-refractivity contribution in [2.45, 2.75) is 32.3 Å². The number of anilines is 1. The van der Waals surface area contributed by atoms with Gasteiger partial charge in [0.05, 0.1) is 0 Å². The molecule has 1 unspecified atom stereocenters. The van der Waals surface area contributed by atoms with Crippen molar-refractivity contribution in [1.29, 1.82) is 0 Å². The molecule has 20 heavy (non-hydrogen) atoms. The highest BCUT2D eigenvalue weighted by Gasteiger charge is 2.31. The van der Waals surface area contributed by atoms with Gasteiger partial charge in [0.1, 0.15) is 0 Å². The van der Waals surface area contributed by atoms with Crippen molar-refractivity contribution >= 4 is 23.3 Å². The summed E-state index contributed by atoms with van der Waals surface area (Å²) >= 11 is 0. The highest BCUT2D eigenvalue weighted by Crippen LogP contribution is 2.24. The highest BCUT2D eigenvalue weighted by molar-refractivity contribution is 6.36. The number of amides is 1. The summed E-state index contributed by atoms with van der Waals surface area (Å²) in [6.07, 6.45) is -0.910. The van der Waals surface area contributed by atoms with Gasteiger partial charge in [0.2, 0.25) is 6.10 Å². The molecule has 1 aliphatic heterocycles. The molecule has 1 aromatic rings. The first-order valence-corrected chi connectivity index (χ1v) is 6.34. The summed E-state index contributed by atoms with van der Waals surface area (Å²) < 4.78 is 0. The molecule has 0 bridgehead atoms. The van der Waals surface area contributed by atoms with Crippen molar-refractivity contribution < 1.29 is 19.5 Å². The molecule has 0 radical (unpaired) electrons. The molecule has 0 saturated heterocycles. The minimum Gasteiger partial charge on any atom is -0.477 e. The number of carbonyl (C=O) groups is 2. The number of oxime groups is 1. The molecule has 1 atom stereocenters. The van der Waals surface area contributed by atoms with Crippen LogP contribution in [0.3, 0.4) is 0 Å². The molecule has 6 nitrogen and oxygen atoms in total. The van der Waals surface area contributed by atoms with Crippen LogP contribution in [0.4, 0.5) is 5.69 Å². The van der Waals surface area contributed by atoms with Gasteiger partial charge in [0, 0.05) is 12.1 Å². The smallest absolute Gasteiger partial charge is 0.353 e. The quantitative estimate of drug-likeness (QED) is 0.880. The van der Waals surface area contributed by atoms with Crippen LogP contribution in [0, 0.1) is 0 Å². The Hall–Kier alpha value is -2.37. The predicted molar refractivity (Wildman–Crippen MR) is 73.7 cm³/mol. The first-order valence-electron chi connectivity index (χ1n) is 6.34. The Balaban J connectivity index is 2.05. The second kappa shape index (κ2) is 5.73. The third-order valence-corrected chi connectivity index (χ3v) is 3.05. The summed E-state index contributed by atoms with van der Waals surface area (Å²) in [5.74, 6) is -1.29. The molecule has 2 N–H and O–H groups in total. The Morgan fingerprint density at radius 1 is 1.40 bits per heavy atom. The molecule has 1 amide bonds. The van der Waals surface area contributed by atoms with Crippen LogP contribution in [-0.4, -0.2) is 28.8 Å². The van der Waals surface area contributed by atoms with E-state index in [0.717, 1.165) is 5.56 Å². The van der Waals surface area contributed by atoms with Gasteiger partial charge in [-0.3, -0.25) is 4.79 Å². The van der Waals surface area contributed by atoms with E-state index in [1.54, 1.807) is 6.07 Å². The fourth-order valence-electron chi connectivity index (χ4n) is 1.97. The molecule has 1 heterocycles. The second-order valence-electron chi connectivity index (χ2n) is 4.87. The average Bonchev–Trinajstić information content (AvgIpc) is 2.89. The van der Waals surface area contributed by atoms with Crippen molar-refractivity contribution in [3.63, 3.8) is 0 Å². The minimum atomic E-state index is -1.16. The molecule has 1 aliphatic rings. The Kier molecular flexibility index (Phi) is 4.02. The van der Waals surface area contributed by atoms with Crippen LogP contribution in [0.1, 0.15) is 31.7 Å². The summed E-state index contributed by atoms with van der Waals surface area (Å²) in [6.45, 7) is 4.06. The third-order valence-electron chi connectivity index (χ3n) is 3.05. The Labute approximate surface area is 116 Å². The van der Waals surface area contributed by atoms with Gasteiger partial charge in [-0.15, -0.1) is 0 Å². The van der Waals surface area contributed by atoms with E-state index in [-0.39, 0.29) is 18.1 Å². The van der Waals surface area contributed by atoms with Gasteiger partial charge in [0.25, 0.3) is 5.91 Å². The molecular weight excluding hydrogens is 260 g/mol. The van der Waals surface area contributed by atoms with E-state index in [0.29, 0.717) is 5.69 Å². The molecule has 0 spiro atoms. The zero-order valence-corrected chi connectivity index (χ0v) is 11.3. The molecular formula is C14H16N2O4. The number of aliphatic carboxylic acids is 1. The van der Waals surface area contributed by atoms with Gasteiger partial charge in [-0.05, 0) is 17.5 Å². The van der Waals surface area contributed by atoms with E-state index < -0.39 is 18.0 Å². The van der Waals surface area contributed by atoms with Crippen molar-refractivity contribution in [1.82, 2.24) is 0 Å². The summed E-state index contributed by atoms with van der Waals surface area (Å²) in [5, 5.41) is 14.9. The number of carbonyl (C=O) groups excluding carboxylic acids is 1. The Morgan fingerprint density at radius 3 is 2.70 bits per heavy atom. The lowest BCUT2D eigenvalue weighted by Gasteiger charge is -2.15. The number of para-hydroxylation sites is 1. The molecule has 2 rings (SSSR count). The number of carboxylic acid groups (broad SMARTS) is 1. The fourth-order valence-corrected chi connectivity index (χ4v) is 1.97. The summed E-state index contributed by atoms with van der Waals surface area (Å²) in [5.41, 5.74) is 1.58. The first-order chi connectivity index (χ1) is 9.49. The summed E-state index contributed by atoms with van der Waals surface area (Å²) in [6, 6.07) is 7.48. The Morgan fingerprint density at radius 2 is 2.10 bits per heavy atom. The third kappa shape index (κ3) is 2.96. The van der Waals surface area contributed by atoms with Gasteiger partial charge >= 0.3 is 5.97 Å². The van der Waals surface area contributed by atoms with E-state index in [1.165, 1.54) is 0 Å². The second-order valence-corrected chi connectivity index (χ2v) is 4.87. The lowest BCUT2D eigenvalue weighted by atomic mass is 10.0. The monoisotopic (exact) mass is 276 g/mol. The van der Waals surface area contributed by atoms with Gasteiger partial charge in [-0.25, -0.2) is 4.79 Å². The van der Waals surface area contributed by atoms with Gasteiger partial charge in [0.15, 0.2) is 5.71 Å². The lowest BCUT2D eigenvalue weighted by Crippen LogP contribution is -2.29. The van der Waals surface area contributed by atoms with E-state index in [2.05, 4.69) is 10.5 Å². The SMILES string of the molecule is CC(C)c1ccccc1NC(=O)C1CC(C(=O)O)=NO1. The van der Waals surface area contributed by atoms with Crippen molar-refractivity contribution in [2.75, 3.05) is 5.32 Å². The average molecular weight is 276 g/mol. The summed E-state index contributed by atoms with van der Waals surface area (Å²) in [7, 11) is 0. The number of nitrogens with zero attached hydrogens (tertiary/aromatic N) is 1. The maximum Gasteiger partial charge on any atom is 0.353 e. The number of benzene rings is 1. The lowest BCUT2D eigenvalue weighted by molar-refractivity contribution is -0.129. The van der Waals surface area contributed by atoms with E-state index in [9.17, 15) is 9.59 Å². The molecule has 0 saturated carbocycles. The molecule has 1 aromatic carbocycles. The number of rotatable bonds is 4. The van der Waals surface area contributed by atoms with Crippen LogP contribution in [-0.2, 0) is 14.4 Å². The van der Waals surface area contributed by atoms with Crippen LogP contribution >= 0.6 is 0 Å². The molecule has 0 aliphatic carbocycles. The van der Waals surface area contributed by atoms with Crippen molar-refractivity contribution in [3.8, 4) is 0 Å². The minimum absolute atomic E-state index is 0.0228. The zero-order valence-electron chi connectivity index (χ0n) is 11.3. The largest absolute Gasteiger partial charge is 0.477 e. The van der Waals surface area contributed by atoms with Crippen LogP contribution in [0.5, 0.6) is 0 Å². The van der Waals surface area contributed by atoms with Crippen LogP contribution in [0.15, 0.2) is 29.4 Å². The standard InChI is InChI=1S/C14H16N2O4/c1-8(2)9-5-3-4-6-10(9)15-13(17)12-7-11(14(18)19)16-20-12/h3-6,8,12H,7H2,1-2H3,(H,15,17)(H,18,19). The molecule has 6 heteroatoms. The van der Waals surface area contributed by atoms with E-state index in [1.807, 2.05) is 32.0 Å². The maximum atomic E-state index is 12.1. The van der Waals surface area contributed by atoms with Crippen LogP contribution in [0.2, 0.25) is 0 Å². The van der Waals surface area contributed by atoms with Gasteiger partial charge < -0.3 is 15.3 Å². The van der Waals surface area contributed by atoms with E-state index in [4.69, 9.17) is 9.94 Å². The van der Waals surface area contributed by atoms with Crippen molar-refractivity contribution in [3.05, 3.63) is 29.8 Å². The molecule has 106 valence electrons. The van der Waals surface area contributed by atoms with E-state index >= 15 is 0 Å². The van der Waals surface area contributed by atoms with Gasteiger partial charge in [-0.2, -0.15) is 0 Å². The number of hydrogen-bond acceptors (Lipinski definition) is 4. The summed E-state index contributed by atoms with van der Waals surface area (Å²) in [4.78, 5) is 27.6. The molecule has 0 fully saturated rings. The number of carboxylic acids is 1. The van der Waals surface area contributed by atoms with Crippen LogP contribution < -0.4 is 5.32 Å². The highest BCUT2D eigenvalue weighted by atomic mass is 16.6. The predicted octanol–water partition coefficient (Wildman–Crippen LogP) is 1.98. The van der Waals surface area contributed by atoms with Crippen molar-refractivity contribution in [2.24, 2.45) is 5.16 Å². The number of hydrogen-bond donors (Lipinski definition) is 2. The topological polar surface area (TPSA) is 88.0 Å². The molecule has 0 aromatic heterocycles. The zero-order chi connectivity index (χ0) is 14.7. The fraction of sp³-hybridized carbons (Fsp3) is 0.357. The van der Waals surface area contributed by atoms with Gasteiger partial charge in [-0.1, -0.05) is 37.2 Å². The first kappa shape index (κ1) is 14.0. The normalized spacial score (nSPS) is 17.6.